The minimum Gasteiger partial charge on any atom is -0.481 e. The van der Waals surface area contributed by atoms with E-state index in [0.29, 0.717) is 0 Å². The molecule has 0 aliphatic heterocycles. The molecule has 0 saturated heterocycles. The smallest absolute Gasteiger partial charge is 0.304 e. The lowest BCUT2D eigenvalue weighted by atomic mass is 9.55. The highest BCUT2D eigenvalue weighted by Crippen LogP contribution is 2.50. The van der Waals surface area contributed by atoms with Crippen LogP contribution in [0.5, 0.6) is 0 Å². The predicted octanol–water partition coefficient (Wildman–Crippen LogP) is 5.37. The van der Waals surface area contributed by atoms with Crippen LogP contribution < -0.4 is 5.32 Å². The van der Waals surface area contributed by atoms with Crippen molar-refractivity contribution in [3.63, 3.8) is 0 Å². The van der Waals surface area contributed by atoms with Crippen molar-refractivity contribution in [3.8, 4) is 0 Å². The Morgan fingerprint density at radius 1 is 1.20 bits per heavy atom. The molecule has 1 aliphatic rings. The van der Waals surface area contributed by atoms with Crippen molar-refractivity contribution >= 4 is 5.97 Å². The Balaban J connectivity index is 1.65. The van der Waals surface area contributed by atoms with Crippen molar-refractivity contribution in [2.75, 3.05) is 13.1 Å². The number of carboxylic acids is 1. The molecule has 0 amide bonds. The number of aliphatic carboxylic acids is 1. The first-order valence-electron chi connectivity index (χ1n) is 11.2. The van der Waals surface area contributed by atoms with E-state index in [4.69, 9.17) is 0 Å². The Kier molecular flexibility index (Phi) is 7.65. The van der Waals surface area contributed by atoms with Gasteiger partial charge in [0.25, 0.3) is 0 Å². The number of carboxylic acid groups (broad SMARTS) is 1. The normalized spacial score (nSPS) is 20.9. The van der Waals surface area contributed by atoms with E-state index in [1.807, 2.05) is 12.1 Å². The van der Waals surface area contributed by atoms with Crippen molar-refractivity contribution in [3.05, 3.63) is 71.0 Å². The van der Waals surface area contributed by atoms with Crippen LogP contribution in [0.2, 0.25) is 0 Å². The molecule has 2 aromatic rings. The first-order chi connectivity index (χ1) is 14.4. The van der Waals surface area contributed by atoms with Crippen LogP contribution in [0.1, 0.15) is 56.2 Å². The standard InChI is InChI=1S/C26H34FNO2/c1-19(2)26(18-25(29)30)22(11-10-21-17-23(27)12-13-24(21)26)14-16-28-15-6-9-20-7-4-3-5-8-20/h3-5,7-8,12-13,17,19,22,28H,6,9-11,14-16,18H2,1-2H3,(H,29,30). The fraction of sp³-hybridized carbons (Fsp3) is 0.500. The Bertz CT molecular complexity index is 836. The number of carbonyl (C=O) groups is 1. The number of hydrogen-bond acceptors (Lipinski definition) is 2. The SMILES string of the molecule is CC(C)C1(CC(=O)O)c2ccc(F)cc2CCC1CCNCCCc1ccccc1. The minimum absolute atomic E-state index is 0.0992. The van der Waals surface area contributed by atoms with Crippen LogP contribution in [0.15, 0.2) is 48.5 Å². The minimum atomic E-state index is -0.776. The van der Waals surface area contributed by atoms with Gasteiger partial charge in [-0.05, 0) is 85.9 Å². The number of fused-ring (bicyclic) bond motifs is 1. The molecule has 162 valence electrons. The second-order valence-corrected chi connectivity index (χ2v) is 8.93. The number of rotatable bonds is 10. The van der Waals surface area contributed by atoms with E-state index >= 15 is 0 Å². The van der Waals surface area contributed by atoms with Crippen molar-refractivity contribution in [2.45, 2.75) is 57.8 Å². The molecule has 0 spiro atoms. The molecule has 3 nitrogen and oxygen atoms in total. The maximum absolute atomic E-state index is 13.8. The molecule has 0 saturated carbocycles. The van der Waals surface area contributed by atoms with Crippen LogP contribution in [-0.4, -0.2) is 24.2 Å². The zero-order valence-corrected chi connectivity index (χ0v) is 18.2. The second kappa shape index (κ2) is 10.2. The summed E-state index contributed by atoms with van der Waals surface area (Å²) in [6, 6.07) is 15.4. The van der Waals surface area contributed by atoms with Crippen molar-refractivity contribution < 1.29 is 14.3 Å². The van der Waals surface area contributed by atoms with Gasteiger partial charge in [-0.25, -0.2) is 4.39 Å². The van der Waals surface area contributed by atoms with Crippen LogP contribution in [0.25, 0.3) is 0 Å². The summed E-state index contributed by atoms with van der Waals surface area (Å²) in [4.78, 5) is 11.9. The number of halogens is 1. The zero-order valence-electron chi connectivity index (χ0n) is 18.2. The summed E-state index contributed by atoms with van der Waals surface area (Å²) in [7, 11) is 0. The number of benzene rings is 2. The summed E-state index contributed by atoms with van der Waals surface area (Å²) in [5.41, 5.74) is 2.94. The van der Waals surface area contributed by atoms with Crippen LogP contribution in [0.4, 0.5) is 4.39 Å². The maximum Gasteiger partial charge on any atom is 0.304 e. The molecule has 4 heteroatoms. The zero-order chi connectivity index (χ0) is 21.6. The fourth-order valence-corrected chi connectivity index (χ4v) is 5.37. The molecule has 0 fully saturated rings. The maximum atomic E-state index is 13.8. The quantitative estimate of drug-likeness (QED) is 0.517. The highest BCUT2D eigenvalue weighted by atomic mass is 19.1. The van der Waals surface area contributed by atoms with E-state index in [-0.39, 0.29) is 24.1 Å². The first kappa shape index (κ1) is 22.5. The van der Waals surface area contributed by atoms with Gasteiger partial charge in [-0.1, -0.05) is 50.2 Å². The third-order valence-electron chi connectivity index (χ3n) is 6.86. The summed E-state index contributed by atoms with van der Waals surface area (Å²) in [5, 5.41) is 13.3. The van der Waals surface area contributed by atoms with Gasteiger partial charge in [0.05, 0.1) is 6.42 Å². The summed E-state index contributed by atoms with van der Waals surface area (Å²) in [6.45, 7) is 6.06. The second-order valence-electron chi connectivity index (χ2n) is 8.93. The van der Waals surface area contributed by atoms with Crippen LogP contribution in [0, 0.1) is 17.7 Å². The molecular formula is C26H34FNO2. The van der Waals surface area contributed by atoms with E-state index in [9.17, 15) is 14.3 Å². The Morgan fingerprint density at radius 2 is 1.97 bits per heavy atom. The van der Waals surface area contributed by atoms with Crippen molar-refractivity contribution in [1.82, 2.24) is 5.32 Å². The van der Waals surface area contributed by atoms with E-state index in [2.05, 4.69) is 43.4 Å². The van der Waals surface area contributed by atoms with Gasteiger partial charge in [0.1, 0.15) is 5.82 Å². The molecular weight excluding hydrogens is 377 g/mol. The van der Waals surface area contributed by atoms with Crippen molar-refractivity contribution in [1.29, 1.82) is 0 Å². The van der Waals surface area contributed by atoms with E-state index in [1.54, 1.807) is 6.07 Å². The van der Waals surface area contributed by atoms with Crippen LogP contribution in [-0.2, 0) is 23.1 Å². The number of nitrogens with one attached hydrogen (secondary N) is 1. The van der Waals surface area contributed by atoms with Gasteiger partial charge in [-0.2, -0.15) is 0 Å². The van der Waals surface area contributed by atoms with Gasteiger partial charge in [0.2, 0.25) is 0 Å². The van der Waals surface area contributed by atoms with Crippen LogP contribution >= 0.6 is 0 Å². The van der Waals surface area contributed by atoms with Crippen LogP contribution in [0.3, 0.4) is 0 Å². The van der Waals surface area contributed by atoms with E-state index in [1.165, 1.54) is 11.6 Å². The average Bonchev–Trinajstić information content (AvgIpc) is 2.71. The highest BCUT2D eigenvalue weighted by molar-refractivity contribution is 5.70. The average molecular weight is 412 g/mol. The lowest BCUT2D eigenvalue weighted by Gasteiger charge is -2.48. The summed E-state index contributed by atoms with van der Waals surface area (Å²) >= 11 is 0. The Hall–Kier alpha value is -2.20. The molecule has 30 heavy (non-hydrogen) atoms. The molecule has 2 atom stereocenters. The number of hydrogen-bond donors (Lipinski definition) is 2. The van der Waals surface area contributed by atoms with Crippen molar-refractivity contribution in [2.24, 2.45) is 11.8 Å². The Morgan fingerprint density at radius 3 is 2.67 bits per heavy atom. The Labute approximate surface area is 179 Å². The third kappa shape index (κ3) is 5.10. The molecule has 0 heterocycles. The van der Waals surface area contributed by atoms with Gasteiger partial charge in [-0.3, -0.25) is 4.79 Å². The molecule has 0 bridgehead atoms. The van der Waals surface area contributed by atoms with Gasteiger partial charge in [-0.15, -0.1) is 0 Å². The van der Waals surface area contributed by atoms with E-state index in [0.717, 1.165) is 56.3 Å². The topological polar surface area (TPSA) is 49.3 Å². The van der Waals surface area contributed by atoms with Gasteiger partial charge >= 0.3 is 5.97 Å². The molecule has 1 aliphatic carbocycles. The van der Waals surface area contributed by atoms with Gasteiger partial charge < -0.3 is 10.4 Å². The summed E-state index contributed by atoms with van der Waals surface area (Å²) in [5.74, 6) is -0.573. The lowest BCUT2D eigenvalue weighted by molar-refractivity contribution is -0.140. The summed E-state index contributed by atoms with van der Waals surface area (Å²) in [6.07, 6.45) is 4.91. The van der Waals surface area contributed by atoms with Gasteiger partial charge in [0, 0.05) is 5.41 Å². The molecule has 0 aromatic heterocycles. The molecule has 2 N–H and O–H groups in total. The molecule has 0 radical (unpaired) electrons. The summed E-state index contributed by atoms with van der Waals surface area (Å²) < 4.78 is 13.8. The third-order valence-corrected chi connectivity index (χ3v) is 6.86. The fourth-order valence-electron chi connectivity index (χ4n) is 5.37. The molecule has 2 aromatic carbocycles. The van der Waals surface area contributed by atoms with Gasteiger partial charge in [0.15, 0.2) is 0 Å². The monoisotopic (exact) mass is 411 g/mol. The first-order valence-corrected chi connectivity index (χ1v) is 11.2. The lowest BCUT2D eigenvalue weighted by Crippen LogP contribution is -2.46. The molecule has 2 unspecified atom stereocenters. The molecule has 3 rings (SSSR count). The highest BCUT2D eigenvalue weighted by Gasteiger charge is 2.47. The number of aryl methyl sites for hydroxylation is 2. The largest absolute Gasteiger partial charge is 0.481 e. The predicted molar refractivity (Wildman–Crippen MR) is 119 cm³/mol. The van der Waals surface area contributed by atoms with E-state index < -0.39 is 11.4 Å².